The van der Waals surface area contributed by atoms with Crippen LogP contribution in [-0.2, 0) is 19.3 Å². The van der Waals surface area contributed by atoms with E-state index in [4.69, 9.17) is 0 Å². The first-order valence-electron chi connectivity index (χ1n) is 11.6. The topological polar surface area (TPSA) is 78.0 Å². The highest BCUT2D eigenvalue weighted by Gasteiger charge is 2.24. The molecule has 2 aromatic carbocycles. The number of carbonyl (C=O) groups is 1. The number of ketones is 1. The van der Waals surface area contributed by atoms with E-state index in [1.54, 1.807) is 13.1 Å². The summed E-state index contributed by atoms with van der Waals surface area (Å²) in [7, 11) is 0. The third-order valence-corrected chi connectivity index (χ3v) is 6.77. The second-order valence-corrected chi connectivity index (χ2v) is 8.99. The van der Waals surface area contributed by atoms with E-state index in [1.165, 1.54) is 16.7 Å². The number of nitrogens with one attached hydrogen (secondary N) is 2. The molecule has 168 valence electrons. The molecule has 4 aromatic rings. The number of aryl methyl sites for hydroxylation is 3. The van der Waals surface area contributed by atoms with Gasteiger partial charge in [0, 0.05) is 34.7 Å². The van der Waals surface area contributed by atoms with E-state index in [9.17, 15) is 9.90 Å². The minimum atomic E-state index is -0.447. The van der Waals surface area contributed by atoms with Gasteiger partial charge in [-0.15, -0.1) is 0 Å². The van der Waals surface area contributed by atoms with E-state index in [2.05, 4.69) is 46.5 Å². The molecule has 0 saturated carbocycles. The number of aliphatic hydroxyl groups excluding tert-OH is 1. The fourth-order valence-corrected chi connectivity index (χ4v) is 4.98. The van der Waals surface area contributed by atoms with Gasteiger partial charge in [0.05, 0.1) is 17.3 Å². The Kier molecular flexibility index (Phi) is 5.73. The molecule has 0 bridgehead atoms. The highest BCUT2D eigenvalue weighted by Crippen LogP contribution is 2.35. The molecule has 1 aliphatic rings. The number of aromatic nitrogens is 2. The van der Waals surface area contributed by atoms with Gasteiger partial charge in [0.25, 0.3) is 0 Å². The molecule has 1 aliphatic carbocycles. The van der Waals surface area contributed by atoms with E-state index in [1.807, 2.05) is 24.4 Å². The Hall–Kier alpha value is -3.44. The van der Waals surface area contributed by atoms with Gasteiger partial charge in [-0.25, -0.2) is 0 Å². The Labute approximate surface area is 193 Å². The van der Waals surface area contributed by atoms with E-state index in [-0.39, 0.29) is 5.78 Å². The van der Waals surface area contributed by atoms with Crippen LogP contribution in [0.5, 0.6) is 0 Å². The van der Waals surface area contributed by atoms with Crippen molar-refractivity contribution >= 4 is 28.1 Å². The Morgan fingerprint density at radius 2 is 2.03 bits per heavy atom. The number of H-pyrrole nitrogens is 1. The van der Waals surface area contributed by atoms with Gasteiger partial charge < -0.3 is 15.4 Å². The molecule has 33 heavy (non-hydrogen) atoms. The molecule has 1 unspecified atom stereocenters. The van der Waals surface area contributed by atoms with Gasteiger partial charge in [-0.05, 0) is 92.5 Å². The Balaban J connectivity index is 1.26. The predicted octanol–water partition coefficient (Wildman–Crippen LogP) is 5.97. The molecule has 2 aromatic heterocycles. The Morgan fingerprint density at radius 3 is 2.85 bits per heavy atom. The van der Waals surface area contributed by atoms with Crippen LogP contribution in [0.1, 0.15) is 64.2 Å². The van der Waals surface area contributed by atoms with Gasteiger partial charge >= 0.3 is 0 Å². The van der Waals surface area contributed by atoms with E-state index in [0.29, 0.717) is 0 Å². The summed E-state index contributed by atoms with van der Waals surface area (Å²) in [5, 5.41) is 14.8. The predicted molar refractivity (Wildman–Crippen MR) is 132 cm³/mol. The quantitative estimate of drug-likeness (QED) is 0.310. The lowest BCUT2D eigenvalue weighted by Gasteiger charge is -2.13. The number of fused-ring (bicyclic) bond motifs is 2. The fraction of sp³-hybridized carbons (Fsp3) is 0.286. The molecule has 3 N–H and O–H groups in total. The van der Waals surface area contributed by atoms with Crippen LogP contribution >= 0.6 is 0 Å². The molecular weight excluding hydrogens is 410 g/mol. The molecular formula is C28H29N3O2. The van der Waals surface area contributed by atoms with Crippen LogP contribution in [0.4, 0.5) is 11.4 Å². The van der Waals surface area contributed by atoms with Gasteiger partial charge in [-0.3, -0.25) is 9.78 Å². The van der Waals surface area contributed by atoms with Crippen molar-refractivity contribution in [2.24, 2.45) is 0 Å². The number of anilines is 2. The summed E-state index contributed by atoms with van der Waals surface area (Å²) in [5.41, 5.74) is 9.60. The van der Waals surface area contributed by atoms with Crippen molar-refractivity contribution in [3.63, 3.8) is 0 Å². The number of hydrogen-bond acceptors (Lipinski definition) is 4. The average Bonchev–Trinajstić information content (AvgIpc) is 3.39. The first kappa shape index (κ1) is 21.4. The molecule has 0 spiro atoms. The molecule has 0 radical (unpaired) electrons. The smallest absolute Gasteiger partial charge is 0.161 e. The maximum Gasteiger partial charge on any atom is 0.161 e. The fourth-order valence-electron chi connectivity index (χ4n) is 4.98. The van der Waals surface area contributed by atoms with Crippen molar-refractivity contribution in [1.29, 1.82) is 0 Å². The molecule has 5 rings (SSSR count). The number of carbonyl (C=O) groups excluding carboxylic acids is 1. The van der Waals surface area contributed by atoms with Crippen molar-refractivity contribution in [2.45, 2.75) is 52.1 Å². The maximum atomic E-state index is 11.9. The van der Waals surface area contributed by atoms with Crippen molar-refractivity contribution in [3.8, 4) is 0 Å². The number of benzene rings is 2. The van der Waals surface area contributed by atoms with Gasteiger partial charge in [0.1, 0.15) is 0 Å². The standard InChI is InChI=1S/C28H29N3O2/c1-17-15-21(31-25-13-14-29-28-24(25)11-12-26(28)33)10-9-19(17)5-3-6-20-16-30-27-22(18(2)32)7-4-8-23(20)27/h4,7-10,13-16,26,30,33H,3,5-6,11-12H2,1-2H3,(H,29,31). The third-order valence-electron chi connectivity index (χ3n) is 6.77. The Bertz CT molecular complexity index is 1340. The van der Waals surface area contributed by atoms with E-state index in [0.717, 1.165) is 71.2 Å². The van der Waals surface area contributed by atoms with Gasteiger partial charge in [0.2, 0.25) is 0 Å². The molecule has 1 atom stereocenters. The molecule has 0 amide bonds. The van der Waals surface area contributed by atoms with Crippen molar-refractivity contribution in [3.05, 3.63) is 88.4 Å². The number of rotatable bonds is 7. The number of nitrogens with zero attached hydrogens (tertiary/aromatic N) is 1. The van der Waals surface area contributed by atoms with Crippen LogP contribution < -0.4 is 5.32 Å². The lowest BCUT2D eigenvalue weighted by Crippen LogP contribution is -2.00. The van der Waals surface area contributed by atoms with Crippen molar-refractivity contribution in [2.75, 3.05) is 5.32 Å². The molecule has 0 aliphatic heterocycles. The van der Waals surface area contributed by atoms with Gasteiger partial charge in [-0.1, -0.05) is 18.2 Å². The van der Waals surface area contributed by atoms with Gasteiger partial charge in [0.15, 0.2) is 5.78 Å². The van der Waals surface area contributed by atoms with Crippen LogP contribution in [0.2, 0.25) is 0 Å². The number of aliphatic hydroxyl groups is 1. The number of aromatic amines is 1. The van der Waals surface area contributed by atoms with Crippen molar-refractivity contribution in [1.82, 2.24) is 9.97 Å². The number of Topliss-reactive ketones (excluding diaryl/α,β-unsaturated/α-hetero) is 1. The summed E-state index contributed by atoms with van der Waals surface area (Å²) in [6.45, 7) is 3.77. The maximum absolute atomic E-state index is 11.9. The minimum absolute atomic E-state index is 0.0891. The lowest BCUT2D eigenvalue weighted by molar-refractivity contribution is 0.101. The molecule has 5 nitrogen and oxygen atoms in total. The lowest BCUT2D eigenvalue weighted by atomic mass is 9.99. The second-order valence-electron chi connectivity index (χ2n) is 8.99. The first-order chi connectivity index (χ1) is 16.0. The van der Waals surface area contributed by atoms with Crippen LogP contribution in [0, 0.1) is 6.92 Å². The largest absolute Gasteiger partial charge is 0.387 e. The van der Waals surface area contributed by atoms with Crippen LogP contribution in [-0.4, -0.2) is 20.9 Å². The zero-order valence-corrected chi connectivity index (χ0v) is 19.1. The second kappa shape index (κ2) is 8.83. The summed E-state index contributed by atoms with van der Waals surface area (Å²) >= 11 is 0. The molecule has 2 heterocycles. The van der Waals surface area contributed by atoms with E-state index < -0.39 is 6.10 Å². The third kappa shape index (κ3) is 4.16. The number of para-hydroxylation sites is 1. The van der Waals surface area contributed by atoms with Crippen LogP contribution in [0.3, 0.4) is 0 Å². The number of hydrogen-bond donors (Lipinski definition) is 3. The summed E-state index contributed by atoms with van der Waals surface area (Å²) in [6.07, 6.45) is 7.96. The highest BCUT2D eigenvalue weighted by atomic mass is 16.3. The SMILES string of the molecule is CC(=O)c1cccc2c(CCCc3ccc(Nc4ccnc5c4CCC5O)cc3C)c[nH]c12. The zero-order valence-electron chi connectivity index (χ0n) is 19.1. The molecule has 5 heteroatoms. The molecule has 0 fully saturated rings. The zero-order chi connectivity index (χ0) is 22.9. The van der Waals surface area contributed by atoms with E-state index >= 15 is 0 Å². The molecule has 0 saturated heterocycles. The van der Waals surface area contributed by atoms with Crippen LogP contribution in [0.25, 0.3) is 10.9 Å². The minimum Gasteiger partial charge on any atom is -0.387 e. The Morgan fingerprint density at radius 1 is 1.18 bits per heavy atom. The average molecular weight is 440 g/mol. The number of pyridine rings is 1. The van der Waals surface area contributed by atoms with Crippen molar-refractivity contribution < 1.29 is 9.90 Å². The summed E-state index contributed by atoms with van der Waals surface area (Å²) in [5.74, 6) is 0.0891. The van der Waals surface area contributed by atoms with Crippen LogP contribution in [0.15, 0.2) is 54.9 Å². The highest BCUT2D eigenvalue weighted by molar-refractivity contribution is 6.06. The monoisotopic (exact) mass is 439 g/mol. The summed E-state index contributed by atoms with van der Waals surface area (Å²) in [6, 6.07) is 14.4. The van der Waals surface area contributed by atoms with Gasteiger partial charge in [-0.2, -0.15) is 0 Å². The summed E-state index contributed by atoms with van der Waals surface area (Å²) in [4.78, 5) is 19.5. The first-order valence-corrected chi connectivity index (χ1v) is 11.6. The summed E-state index contributed by atoms with van der Waals surface area (Å²) < 4.78 is 0. The normalized spacial score (nSPS) is 15.1.